The quantitative estimate of drug-likeness (QED) is 0.270. The van der Waals surface area contributed by atoms with Crippen molar-refractivity contribution in [2.75, 3.05) is 33.4 Å². The SMILES string of the molecule is CN(CC(O)COCCN)S(=O)(=O)[O-].[K+]. The van der Waals surface area contributed by atoms with Gasteiger partial charge in [0.05, 0.1) is 19.3 Å². The number of rotatable bonds is 7. The minimum Gasteiger partial charge on any atom is -0.735 e. The monoisotopic (exact) mass is 266 g/mol. The van der Waals surface area contributed by atoms with Crippen LogP contribution in [0.4, 0.5) is 0 Å². The van der Waals surface area contributed by atoms with E-state index in [9.17, 15) is 18.1 Å². The van der Waals surface area contributed by atoms with Gasteiger partial charge in [-0.15, -0.1) is 0 Å². The van der Waals surface area contributed by atoms with E-state index >= 15 is 0 Å². The predicted octanol–water partition coefficient (Wildman–Crippen LogP) is -5.28. The average Bonchev–Trinajstić information content (AvgIpc) is 2.03. The molecule has 0 amide bonds. The van der Waals surface area contributed by atoms with E-state index in [-0.39, 0.29) is 71.1 Å². The van der Waals surface area contributed by atoms with Gasteiger partial charge in [0.1, 0.15) is 0 Å². The van der Waals surface area contributed by atoms with Crippen molar-refractivity contribution in [2.24, 2.45) is 5.73 Å². The van der Waals surface area contributed by atoms with Crippen LogP contribution in [0.2, 0.25) is 0 Å². The van der Waals surface area contributed by atoms with Crippen molar-refractivity contribution < 1.29 is 74.2 Å². The molecule has 0 aromatic heterocycles. The minimum absolute atomic E-state index is 0. The molecular formula is C6H15KN2O5S. The van der Waals surface area contributed by atoms with E-state index < -0.39 is 16.4 Å². The second-order valence-electron chi connectivity index (χ2n) is 2.76. The van der Waals surface area contributed by atoms with Gasteiger partial charge in [-0.3, -0.25) is 0 Å². The largest absolute Gasteiger partial charge is 1.00 e. The molecule has 86 valence electrons. The van der Waals surface area contributed by atoms with Crippen molar-refractivity contribution >= 4 is 10.3 Å². The summed E-state index contributed by atoms with van der Waals surface area (Å²) in [4.78, 5) is 0. The Labute approximate surface area is 132 Å². The van der Waals surface area contributed by atoms with Crippen LogP contribution in [0.3, 0.4) is 0 Å². The van der Waals surface area contributed by atoms with Gasteiger partial charge in [0.2, 0.25) is 0 Å². The maximum absolute atomic E-state index is 10.4. The Bertz CT molecular complexity index is 248. The molecule has 1 atom stereocenters. The fraction of sp³-hybridized carbons (Fsp3) is 1.00. The van der Waals surface area contributed by atoms with Crippen LogP contribution in [0.5, 0.6) is 0 Å². The van der Waals surface area contributed by atoms with E-state index in [0.29, 0.717) is 10.8 Å². The summed E-state index contributed by atoms with van der Waals surface area (Å²) in [6.07, 6.45) is -1.02. The Hall–Kier alpha value is 1.39. The maximum atomic E-state index is 10.4. The van der Waals surface area contributed by atoms with Crippen molar-refractivity contribution in [3.05, 3.63) is 0 Å². The molecule has 0 rings (SSSR count). The number of likely N-dealkylation sites (N-methyl/N-ethyl adjacent to an activating group) is 1. The van der Waals surface area contributed by atoms with Crippen LogP contribution < -0.4 is 57.1 Å². The zero-order valence-electron chi connectivity index (χ0n) is 8.92. The number of nitrogens with zero attached hydrogens (tertiary/aromatic N) is 1. The topological polar surface area (TPSA) is 116 Å². The third kappa shape index (κ3) is 10.3. The number of nitrogens with two attached hydrogens (primary N) is 1. The van der Waals surface area contributed by atoms with E-state index in [4.69, 9.17) is 10.5 Å². The maximum Gasteiger partial charge on any atom is 1.00 e. The molecule has 0 fully saturated rings. The predicted molar refractivity (Wildman–Crippen MR) is 48.2 cm³/mol. The van der Waals surface area contributed by atoms with E-state index in [1.165, 1.54) is 0 Å². The second kappa shape index (κ2) is 9.42. The van der Waals surface area contributed by atoms with Crippen molar-refractivity contribution in [3.63, 3.8) is 0 Å². The molecule has 0 spiro atoms. The van der Waals surface area contributed by atoms with Crippen LogP contribution in [0.25, 0.3) is 0 Å². The number of aliphatic hydroxyl groups is 1. The summed E-state index contributed by atoms with van der Waals surface area (Å²) >= 11 is 0. The molecule has 9 heteroatoms. The van der Waals surface area contributed by atoms with Crippen LogP contribution >= 0.6 is 0 Å². The molecule has 0 bridgehead atoms. The smallest absolute Gasteiger partial charge is 0.735 e. The third-order valence-electron chi connectivity index (χ3n) is 1.42. The fourth-order valence-electron chi connectivity index (χ4n) is 0.743. The molecule has 0 saturated heterocycles. The van der Waals surface area contributed by atoms with Crippen LogP contribution in [-0.4, -0.2) is 61.8 Å². The van der Waals surface area contributed by atoms with Gasteiger partial charge < -0.3 is 20.1 Å². The molecule has 15 heavy (non-hydrogen) atoms. The molecule has 7 nitrogen and oxygen atoms in total. The standard InChI is InChI=1S/C6H16N2O5S.K/c1-8(14(10,11)12)4-6(9)5-13-3-2-7;/h6,9H,2-5,7H2,1H3,(H,10,11,12);/q;+1/p-1. The Morgan fingerprint density at radius 2 is 2.13 bits per heavy atom. The summed E-state index contributed by atoms with van der Waals surface area (Å²) in [6, 6.07) is 0. The summed E-state index contributed by atoms with van der Waals surface area (Å²) in [5, 5.41) is 9.20. The van der Waals surface area contributed by atoms with Crippen LogP contribution in [0.15, 0.2) is 0 Å². The van der Waals surface area contributed by atoms with Gasteiger partial charge in [-0.25, -0.2) is 12.7 Å². The molecular weight excluding hydrogens is 251 g/mol. The van der Waals surface area contributed by atoms with E-state index in [2.05, 4.69) is 0 Å². The third-order valence-corrected chi connectivity index (χ3v) is 2.33. The number of hydrogen-bond acceptors (Lipinski definition) is 6. The second-order valence-corrected chi connectivity index (χ2v) is 4.23. The zero-order valence-corrected chi connectivity index (χ0v) is 12.9. The first-order valence-corrected chi connectivity index (χ1v) is 5.37. The zero-order chi connectivity index (χ0) is 11.2. The Balaban J connectivity index is 0. The van der Waals surface area contributed by atoms with Crippen LogP contribution in [-0.2, 0) is 15.0 Å². The summed E-state index contributed by atoms with van der Waals surface area (Å²) in [6.45, 7) is 0.279. The van der Waals surface area contributed by atoms with Gasteiger partial charge in [0, 0.05) is 20.1 Å². The average molecular weight is 266 g/mol. The van der Waals surface area contributed by atoms with Gasteiger partial charge >= 0.3 is 51.4 Å². The van der Waals surface area contributed by atoms with Crippen LogP contribution in [0.1, 0.15) is 0 Å². The molecule has 0 aliphatic rings. The van der Waals surface area contributed by atoms with Gasteiger partial charge in [-0.1, -0.05) is 0 Å². The number of ether oxygens (including phenoxy) is 1. The summed E-state index contributed by atoms with van der Waals surface area (Å²) < 4.78 is 36.6. The fourth-order valence-corrected chi connectivity index (χ4v) is 1.10. The van der Waals surface area contributed by atoms with Gasteiger partial charge in [0.15, 0.2) is 10.3 Å². The molecule has 0 aliphatic carbocycles. The van der Waals surface area contributed by atoms with Gasteiger partial charge in [0.25, 0.3) is 0 Å². The van der Waals surface area contributed by atoms with Crippen molar-refractivity contribution in [2.45, 2.75) is 6.10 Å². The summed E-state index contributed by atoms with van der Waals surface area (Å²) in [5.41, 5.74) is 5.12. The minimum atomic E-state index is -4.49. The van der Waals surface area contributed by atoms with Gasteiger partial charge in [-0.2, -0.15) is 0 Å². The molecule has 0 heterocycles. The Morgan fingerprint density at radius 3 is 2.53 bits per heavy atom. The van der Waals surface area contributed by atoms with Crippen molar-refractivity contribution in [3.8, 4) is 0 Å². The first-order valence-electron chi connectivity index (χ1n) is 4.01. The van der Waals surface area contributed by atoms with Crippen molar-refractivity contribution in [1.82, 2.24) is 4.31 Å². The Kier molecular flexibility index (Phi) is 11.8. The molecule has 0 saturated carbocycles. The Morgan fingerprint density at radius 1 is 1.60 bits per heavy atom. The molecule has 1 unspecified atom stereocenters. The van der Waals surface area contributed by atoms with E-state index in [1.807, 2.05) is 0 Å². The molecule has 0 aromatic carbocycles. The molecule has 0 aromatic rings. The molecule has 3 N–H and O–H groups in total. The van der Waals surface area contributed by atoms with E-state index in [1.54, 1.807) is 0 Å². The number of hydrogen-bond donors (Lipinski definition) is 2. The molecule has 0 radical (unpaired) electrons. The normalized spacial score (nSPS) is 13.7. The first kappa shape index (κ1) is 18.7. The number of aliphatic hydroxyl groups excluding tert-OH is 1. The van der Waals surface area contributed by atoms with Gasteiger partial charge in [-0.05, 0) is 0 Å². The van der Waals surface area contributed by atoms with Crippen LogP contribution in [0, 0.1) is 0 Å². The molecule has 0 aliphatic heterocycles. The van der Waals surface area contributed by atoms with Crippen molar-refractivity contribution in [1.29, 1.82) is 0 Å². The summed E-state index contributed by atoms with van der Waals surface area (Å²) in [5.74, 6) is 0. The summed E-state index contributed by atoms with van der Waals surface area (Å²) in [7, 11) is -3.39. The first-order chi connectivity index (χ1) is 6.38. The van der Waals surface area contributed by atoms with E-state index in [0.717, 1.165) is 7.05 Å².